The van der Waals surface area contributed by atoms with Crippen molar-refractivity contribution in [3.63, 3.8) is 0 Å². The number of thiophene rings is 1. The first-order valence-electron chi connectivity index (χ1n) is 5.08. The molecular formula is C13H10Cl2OS. The van der Waals surface area contributed by atoms with Gasteiger partial charge in [0.05, 0.1) is 10.0 Å². The smallest absolute Gasteiger partial charge is 0.168 e. The summed E-state index contributed by atoms with van der Waals surface area (Å²) in [5.74, 6) is 0.104. The van der Waals surface area contributed by atoms with Crippen molar-refractivity contribution in [1.82, 2.24) is 0 Å². The van der Waals surface area contributed by atoms with Crippen molar-refractivity contribution in [3.8, 4) is 0 Å². The van der Waals surface area contributed by atoms with E-state index in [-0.39, 0.29) is 5.78 Å². The Morgan fingerprint density at radius 1 is 1.24 bits per heavy atom. The first-order chi connectivity index (χ1) is 8.06. The molecule has 1 heterocycles. The molecule has 2 rings (SSSR count). The maximum atomic E-state index is 12.0. The topological polar surface area (TPSA) is 17.1 Å². The SMILES string of the molecule is Cc1cc(C(=O)Cc2ccc(Cl)c(Cl)c2)cs1. The minimum atomic E-state index is 0.104. The van der Waals surface area contributed by atoms with E-state index in [0.717, 1.165) is 16.0 Å². The summed E-state index contributed by atoms with van der Waals surface area (Å²) in [6, 6.07) is 7.18. The maximum absolute atomic E-state index is 12.0. The molecule has 4 heteroatoms. The van der Waals surface area contributed by atoms with Gasteiger partial charge in [0.15, 0.2) is 5.78 Å². The van der Waals surface area contributed by atoms with Crippen LogP contribution in [0.1, 0.15) is 20.8 Å². The third kappa shape index (κ3) is 3.09. The van der Waals surface area contributed by atoms with Gasteiger partial charge in [-0.05, 0) is 30.7 Å². The second-order valence-corrected chi connectivity index (χ2v) is 5.72. The molecule has 2 aromatic rings. The van der Waals surface area contributed by atoms with Crippen LogP contribution in [-0.4, -0.2) is 5.78 Å². The lowest BCUT2D eigenvalue weighted by molar-refractivity contribution is 0.0993. The second-order valence-electron chi connectivity index (χ2n) is 3.79. The number of aryl methyl sites for hydroxylation is 1. The minimum absolute atomic E-state index is 0.104. The van der Waals surface area contributed by atoms with Gasteiger partial charge in [-0.1, -0.05) is 29.3 Å². The first kappa shape index (κ1) is 12.6. The van der Waals surface area contributed by atoms with E-state index in [0.29, 0.717) is 16.5 Å². The number of rotatable bonds is 3. The fourth-order valence-corrected chi connectivity index (χ4v) is 2.55. The van der Waals surface area contributed by atoms with Crippen LogP contribution in [0.25, 0.3) is 0 Å². The molecule has 0 radical (unpaired) electrons. The summed E-state index contributed by atoms with van der Waals surface area (Å²) in [5, 5.41) is 2.88. The van der Waals surface area contributed by atoms with Crippen LogP contribution in [0.5, 0.6) is 0 Å². The van der Waals surface area contributed by atoms with E-state index in [1.807, 2.05) is 24.4 Å². The highest BCUT2D eigenvalue weighted by Gasteiger charge is 2.09. The van der Waals surface area contributed by atoms with Gasteiger partial charge in [0.25, 0.3) is 0 Å². The fraction of sp³-hybridized carbons (Fsp3) is 0.154. The van der Waals surface area contributed by atoms with Crippen molar-refractivity contribution in [2.75, 3.05) is 0 Å². The van der Waals surface area contributed by atoms with E-state index in [1.165, 1.54) is 0 Å². The van der Waals surface area contributed by atoms with Gasteiger partial charge < -0.3 is 0 Å². The Bertz CT molecular complexity index is 560. The van der Waals surface area contributed by atoms with Crippen molar-refractivity contribution in [3.05, 3.63) is 55.7 Å². The van der Waals surface area contributed by atoms with Gasteiger partial charge in [-0.3, -0.25) is 4.79 Å². The molecule has 1 aromatic heterocycles. The Labute approximate surface area is 114 Å². The molecule has 0 unspecified atom stereocenters. The molecule has 0 saturated carbocycles. The molecule has 0 aliphatic carbocycles. The Morgan fingerprint density at radius 3 is 2.59 bits per heavy atom. The van der Waals surface area contributed by atoms with E-state index in [9.17, 15) is 4.79 Å². The molecule has 0 saturated heterocycles. The van der Waals surface area contributed by atoms with Gasteiger partial charge in [-0.25, -0.2) is 0 Å². The van der Waals surface area contributed by atoms with E-state index in [1.54, 1.807) is 23.5 Å². The van der Waals surface area contributed by atoms with Crippen LogP contribution in [0, 0.1) is 6.92 Å². The van der Waals surface area contributed by atoms with Crippen LogP contribution < -0.4 is 0 Å². The summed E-state index contributed by atoms with van der Waals surface area (Å²) in [6.45, 7) is 1.99. The van der Waals surface area contributed by atoms with Gasteiger partial charge in [0.1, 0.15) is 0 Å². The number of Topliss-reactive ketones (excluding diaryl/α,β-unsaturated/α-hetero) is 1. The molecule has 0 aliphatic rings. The molecule has 0 amide bonds. The van der Waals surface area contributed by atoms with Gasteiger partial charge >= 0.3 is 0 Å². The zero-order chi connectivity index (χ0) is 12.4. The van der Waals surface area contributed by atoms with Gasteiger partial charge in [0, 0.05) is 22.2 Å². The van der Waals surface area contributed by atoms with Gasteiger partial charge in [-0.15, -0.1) is 11.3 Å². The average Bonchev–Trinajstić information content (AvgIpc) is 2.70. The minimum Gasteiger partial charge on any atom is -0.294 e. The highest BCUT2D eigenvalue weighted by Crippen LogP contribution is 2.23. The second kappa shape index (κ2) is 5.21. The number of carbonyl (C=O) groups excluding carboxylic acids is 1. The normalized spacial score (nSPS) is 10.5. The van der Waals surface area contributed by atoms with Crippen LogP contribution in [0.2, 0.25) is 10.0 Å². The van der Waals surface area contributed by atoms with Crippen LogP contribution in [0.4, 0.5) is 0 Å². The van der Waals surface area contributed by atoms with E-state index < -0.39 is 0 Å². The van der Waals surface area contributed by atoms with Crippen LogP contribution >= 0.6 is 34.5 Å². The molecule has 0 atom stereocenters. The first-order valence-corrected chi connectivity index (χ1v) is 6.72. The van der Waals surface area contributed by atoms with Crippen molar-refractivity contribution < 1.29 is 4.79 Å². The molecule has 1 nitrogen and oxygen atoms in total. The number of ketones is 1. The molecule has 0 N–H and O–H groups in total. The number of halogens is 2. The van der Waals surface area contributed by atoms with Gasteiger partial charge in [-0.2, -0.15) is 0 Å². The van der Waals surface area contributed by atoms with Crippen molar-refractivity contribution in [1.29, 1.82) is 0 Å². The summed E-state index contributed by atoms with van der Waals surface area (Å²) in [6.07, 6.45) is 0.354. The summed E-state index contributed by atoms with van der Waals surface area (Å²) >= 11 is 13.3. The summed E-state index contributed by atoms with van der Waals surface area (Å²) in [7, 11) is 0. The fourth-order valence-electron chi connectivity index (χ4n) is 1.53. The number of hydrogen-bond acceptors (Lipinski definition) is 2. The molecule has 0 spiro atoms. The monoisotopic (exact) mass is 284 g/mol. The third-order valence-corrected chi connectivity index (χ3v) is 4.00. The van der Waals surface area contributed by atoms with Crippen molar-refractivity contribution >= 4 is 40.3 Å². The predicted octanol–water partition coefficient (Wildman–Crippen LogP) is 4.79. The zero-order valence-corrected chi connectivity index (χ0v) is 11.5. The molecule has 88 valence electrons. The average molecular weight is 285 g/mol. The number of hydrogen-bond donors (Lipinski definition) is 0. The quantitative estimate of drug-likeness (QED) is 0.741. The van der Waals surface area contributed by atoms with Crippen LogP contribution in [-0.2, 0) is 6.42 Å². The third-order valence-electron chi connectivity index (χ3n) is 2.40. The van der Waals surface area contributed by atoms with Crippen LogP contribution in [0.3, 0.4) is 0 Å². The molecular weight excluding hydrogens is 275 g/mol. The lowest BCUT2D eigenvalue weighted by atomic mass is 10.1. The van der Waals surface area contributed by atoms with Gasteiger partial charge in [0.2, 0.25) is 0 Å². The van der Waals surface area contributed by atoms with E-state index in [2.05, 4.69) is 0 Å². The Balaban J connectivity index is 2.15. The lowest BCUT2D eigenvalue weighted by Gasteiger charge is -2.01. The molecule has 0 fully saturated rings. The Kier molecular flexibility index (Phi) is 3.87. The summed E-state index contributed by atoms with van der Waals surface area (Å²) in [4.78, 5) is 13.1. The zero-order valence-electron chi connectivity index (χ0n) is 9.17. The van der Waals surface area contributed by atoms with E-state index in [4.69, 9.17) is 23.2 Å². The van der Waals surface area contributed by atoms with Crippen LogP contribution in [0.15, 0.2) is 29.6 Å². The van der Waals surface area contributed by atoms with E-state index >= 15 is 0 Å². The van der Waals surface area contributed by atoms with Crippen molar-refractivity contribution in [2.24, 2.45) is 0 Å². The molecule has 1 aromatic carbocycles. The lowest BCUT2D eigenvalue weighted by Crippen LogP contribution is -2.01. The predicted molar refractivity (Wildman–Crippen MR) is 73.6 cm³/mol. The summed E-state index contributed by atoms with van der Waals surface area (Å²) < 4.78 is 0. The summed E-state index contributed by atoms with van der Waals surface area (Å²) in [5.41, 5.74) is 1.65. The molecule has 17 heavy (non-hydrogen) atoms. The Hall–Kier alpha value is -0.830. The molecule has 0 bridgehead atoms. The highest BCUT2D eigenvalue weighted by atomic mass is 35.5. The van der Waals surface area contributed by atoms with Crippen molar-refractivity contribution in [2.45, 2.75) is 13.3 Å². The standard InChI is InChI=1S/C13H10Cl2OS/c1-8-4-10(7-17-8)13(16)6-9-2-3-11(14)12(15)5-9/h2-5,7H,6H2,1H3. The largest absolute Gasteiger partial charge is 0.294 e. The molecule has 0 aliphatic heterocycles. The Morgan fingerprint density at radius 2 is 2.00 bits per heavy atom. The number of carbonyl (C=O) groups is 1. The maximum Gasteiger partial charge on any atom is 0.168 e. The highest BCUT2D eigenvalue weighted by molar-refractivity contribution is 7.10. The number of benzene rings is 1.